The third-order valence-electron chi connectivity index (χ3n) is 5.71. The fourth-order valence-corrected chi connectivity index (χ4v) is 4.57. The predicted octanol–water partition coefficient (Wildman–Crippen LogP) is 4.23. The number of nitrogens with one attached hydrogen (secondary N) is 5. The summed E-state index contributed by atoms with van der Waals surface area (Å²) in [5.41, 5.74) is 3.11. The molecule has 1 aromatic carbocycles. The quantitative estimate of drug-likeness (QED) is 0.253. The van der Waals surface area contributed by atoms with Crippen molar-refractivity contribution in [1.82, 2.24) is 10.2 Å². The van der Waals surface area contributed by atoms with Gasteiger partial charge in [0.25, 0.3) is 0 Å². The van der Waals surface area contributed by atoms with E-state index in [1.165, 1.54) is 0 Å². The number of phenolic OH excluding ortho intramolecular Hbond substituents is 1. The summed E-state index contributed by atoms with van der Waals surface area (Å²) in [7, 11) is 1.94. The first-order chi connectivity index (χ1) is 13.9. The number of piperidine rings is 1. The van der Waals surface area contributed by atoms with Gasteiger partial charge in [0.1, 0.15) is 11.6 Å². The van der Waals surface area contributed by atoms with E-state index in [1.54, 1.807) is 24.3 Å². The van der Waals surface area contributed by atoms with E-state index in [2.05, 4.69) is 43.6 Å². The van der Waals surface area contributed by atoms with Gasteiger partial charge in [-0.25, -0.2) is 0 Å². The number of hydrogen-bond acceptors (Lipinski definition) is 6. The van der Waals surface area contributed by atoms with Crippen LogP contribution in [0.15, 0.2) is 36.2 Å². The fraction of sp³-hybridized carbons (Fsp3) is 0.478. The van der Waals surface area contributed by atoms with Gasteiger partial charge in [0.05, 0.1) is 17.1 Å². The zero-order valence-corrected chi connectivity index (χ0v) is 18.8. The van der Waals surface area contributed by atoms with Crippen molar-refractivity contribution in [1.29, 1.82) is 10.8 Å². The van der Waals surface area contributed by atoms with E-state index in [0.29, 0.717) is 11.4 Å². The fourth-order valence-electron chi connectivity index (χ4n) is 4.57. The van der Waals surface area contributed by atoms with Gasteiger partial charge in [-0.05, 0) is 65.7 Å². The summed E-state index contributed by atoms with van der Waals surface area (Å²) in [6.45, 7) is 10.7. The van der Waals surface area contributed by atoms with E-state index in [1.807, 2.05) is 25.1 Å². The minimum Gasteiger partial charge on any atom is -0.507 e. The first kappa shape index (κ1) is 21.9. The highest BCUT2D eigenvalue weighted by atomic mass is 16.3. The summed E-state index contributed by atoms with van der Waals surface area (Å²) in [6, 6.07) is 3.61. The Bertz CT molecular complexity index is 912. The molecule has 162 valence electrons. The van der Waals surface area contributed by atoms with Crippen LogP contribution in [0.25, 0.3) is 0 Å². The van der Waals surface area contributed by atoms with Gasteiger partial charge in [0.2, 0.25) is 0 Å². The number of allylic oxidation sites excluding steroid dienone is 2. The molecule has 1 fully saturated rings. The topological polar surface area (TPSA) is 107 Å². The lowest BCUT2D eigenvalue weighted by Crippen LogP contribution is -2.62. The molecule has 6 N–H and O–H groups in total. The largest absolute Gasteiger partial charge is 0.507 e. The van der Waals surface area contributed by atoms with Crippen LogP contribution in [-0.2, 0) is 0 Å². The van der Waals surface area contributed by atoms with Crippen LogP contribution in [0.4, 0.5) is 11.4 Å². The molecule has 3 rings (SSSR count). The summed E-state index contributed by atoms with van der Waals surface area (Å²) >= 11 is 0. The Morgan fingerprint density at radius 2 is 1.73 bits per heavy atom. The van der Waals surface area contributed by atoms with Gasteiger partial charge >= 0.3 is 0 Å². The summed E-state index contributed by atoms with van der Waals surface area (Å²) in [4.78, 5) is 1.99. The Labute approximate surface area is 179 Å². The molecule has 0 radical (unpaired) electrons. The van der Waals surface area contributed by atoms with Crippen molar-refractivity contribution in [3.63, 3.8) is 0 Å². The first-order valence-electron chi connectivity index (χ1n) is 10.3. The van der Waals surface area contributed by atoms with E-state index >= 15 is 0 Å². The smallest absolute Gasteiger partial charge is 0.127 e. The third-order valence-corrected chi connectivity index (χ3v) is 5.71. The number of nitrogens with zero attached hydrogens (tertiary/aromatic N) is 1. The molecule has 7 heteroatoms. The summed E-state index contributed by atoms with van der Waals surface area (Å²) in [5.74, 6) is 0.392. The van der Waals surface area contributed by atoms with Crippen LogP contribution in [0.5, 0.6) is 5.75 Å². The number of fused-ring (bicyclic) bond motifs is 1. The van der Waals surface area contributed by atoms with E-state index in [0.717, 1.165) is 29.9 Å². The van der Waals surface area contributed by atoms with Crippen molar-refractivity contribution >= 4 is 22.9 Å². The molecule has 2 aliphatic rings. The average Bonchev–Trinajstić information content (AvgIpc) is 2.62. The van der Waals surface area contributed by atoms with Crippen molar-refractivity contribution < 1.29 is 5.11 Å². The number of aromatic hydroxyl groups is 1. The van der Waals surface area contributed by atoms with Crippen LogP contribution >= 0.6 is 0 Å². The van der Waals surface area contributed by atoms with Crippen molar-refractivity contribution in [2.45, 2.75) is 64.6 Å². The highest BCUT2D eigenvalue weighted by molar-refractivity contribution is 6.12. The molecule has 0 aliphatic carbocycles. The molecule has 0 atom stereocenters. The second-order valence-electron chi connectivity index (χ2n) is 9.71. The van der Waals surface area contributed by atoms with Gasteiger partial charge in [0, 0.05) is 47.7 Å². The molecule has 0 bridgehead atoms. The highest BCUT2D eigenvalue weighted by Crippen LogP contribution is 2.34. The zero-order chi connectivity index (χ0) is 22.3. The minimum atomic E-state index is 0.000135. The van der Waals surface area contributed by atoms with Crippen molar-refractivity contribution in [3.05, 3.63) is 41.7 Å². The Morgan fingerprint density at radius 3 is 2.37 bits per heavy atom. The van der Waals surface area contributed by atoms with Gasteiger partial charge in [-0.15, -0.1) is 0 Å². The SMILES string of the molecule is CC1=CNc2cc(C(=N)C=CC(=N)N(C)C3CC(C)(C)NC(C)(C)C3)c(O)cc2N1. The van der Waals surface area contributed by atoms with E-state index in [9.17, 15) is 5.11 Å². The monoisotopic (exact) mass is 410 g/mol. The Morgan fingerprint density at radius 1 is 1.10 bits per heavy atom. The summed E-state index contributed by atoms with van der Waals surface area (Å²) < 4.78 is 0. The van der Waals surface area contributed by atoms with Gasteiger partial charge < -0.3 is 31.4 Å². The van der Waals surface area contributed by atoms with E-state index in [-0.39, 0.29) is 28.6 Å². The molecule has 0 spiro atoms. The zero-order valence-electron chi connectivity index (χ0n) is 18.8. The predicted molar refractivity (Wildman–Crippen MR) is 125 cm³/mol. The molecular weight excluding hydrogens is 376 g/mol. The Balaban J connectivity index is 1.71. The van der Waals surface area contributed by atoms with Gasteiger partial charge in [-0.1, -0.05) is 0 Å². The summed E-state index contributed by atoms with van der Waals surface area (Å²) in [6.07, 6.45) is 6.94. The maximum absolute atomic E-state index is 10.4. The minimum absolute atomic E-state index is 0.000135. The van der Waals surface area contributed by atoms with Crippen LogP contribution in [-0.4, -0.2) is 45.7 Å². The van der Waals surface area contributed by atoms with Crippen LogP contribution in [0.1, 0.15) is 53.0 Å². The molecule has 1 aromatic rings. The second-order valence-corrected chi connectivity index (χ2v) is 9.71. The maximum atomic E-state index is 10.4. The third kappa shape index (κ3) is 4.84. The molecule has 0 aromatic heterocycles. The van der Waals surface area contributed by atoms with Crippen LogP contribution in [0, 0.1) is 10.8 Å². The molecule has 30 heavy (non-hydrogen) atoms. The number of rotatable bonds is 4. The first-order valence-corrected chi connectivity index (χ1v) is 10.3. The van der Waals surface area contributed by atoms with Crippen molar-refractivity contribution in [3.8, 4) is 5.75 Å². The Hall–Kier alpha value is -2.80. The van der Waals surface area contributed by atoms with Gasteiger partial charge in [-0.2, -0.15) is 0 Å². The van der Waals surface area contributed by atoms with Crippen LogP contribution < -0.4 is 16.0 Å². The number of amidine groups is 1. The molecule has 1 saturated heterocycles. The van der Waals surface area contributed by atoms with Crippen LogP contribution in [0.2, 0.25) is 0 Å². The molecule has 2 aliphatic heterocycles. The number of likely N-dealkylation sites (N-methyl/N-ethyl adjacent to an activating group) is 1. The molecule has 0 amide bonds. The lowest BCUT2D eigenvalue weighted by atomic mass is 9.79. The lowest BCUT2D eigenvalue weighted by Gasteiger charge is -2.49. The number of anilines is 2. The molecule has 7 nitrogen and oxygen atoms in total. The summed E-state index contributed by atoms with van der Waals surface area (Å²) in [5, 5.41) is 37.3. The number of benzene rings is 1. The highest BCUT2D eigenvalue weighted by Gasteiger charge is 2.39. The normalized spacial score (nSPS) is 20.0. The molecular formula is C23H34N6O. The van der Waals surface area contributed by atoms with Gasteiger partial charge in [0.15, 0.2) is 0 Å². The number of phenols is 1. The standard InChI is InChI=1S/C23H34N6O/c1-14-13-26-18-9-16(20(30)10-19(18)27-14)17(24)7-8-21(25)29(6)15-11-22(2,3)28-23(4,5)12-15/h7-10,13,15,24-28,30H,11-12H2,1-6H3. The van der Waals surface area contributed by atoms with Crippen LogP contribution in [0.3, 0.4) is 0 Å². The Kier molecular flexibility index (Phi) is 5.69. The second kappa shape index (κ2) is 7.80. The molecule has 2 heterocycles. The van der Waals surface area contributed by atoms with Gasteiger partial charge in [-0.3, -0.25) is 5.41 Å². The molecule has 0 unspecified atom stereocenters. The maximum Gasteiger partial charge on any atom is 0.127 e. The van der Waals surface area contributed by atoms with E-state index in [4.69, 9.17) is 10.8 Å². The van der Waals surface area contributed by atoms with Crippen molar-refractivity contribution in [2.24, 2.45) is 0 Å². The van der Waals surface area contributed by atoms with E-state index < -0.39 is 0 Å². The molecule has 0 saturated carbocycles. The lowest BCUT2D eigenvalue weighted by molar-refractivity contribution is 0.114. The van der Waals surface area contributed by atoms with Crippen molar-refractivity contribution in [2.75, 3.05) is 17.7 Å². The number of hydrogen-bond donors (Lipinski definition) is 6. The average molecular weight is 411 g/mol.